The van der Waals surface area contributed by atoms with Gasteiger partial charge in [-0.1, -0.05) is 6.92 Å². The zero-order chi connectivity index (χ0) is 11.0. The molecule has 0 aromatic rings. The maximum absolute atomic E-state index is 8.78. The largest absolute Gasteiger partial charge is 0.396 e. The molecule has 82 valence electrons. The Morgan fingerprint density at radius 3 is 2.79 bits per heavy atom. The average molecular weight is 216 g/mol. The van der Waals surface area contributed by atoms with Gasteiger partial charge in [0.15, 0.2) is 0 Å². The number of aliphatic hydroxyl groups is 1. The molecule has 0 bridgehead atoms. The summed E-state index contributed by atoms with van der Waals surface area (Å²) in [5, 5.41) is 17.4. The second kappa shape index (κ2) is 7.10. The number of hydrogen-bond acceptors (Lipinski definition) is 4. The van der Waals surface area contributed by atoms with Crippen LogP contribution >= 0.6 is 11.8 Å². The Bertz CT molecular complexity index is 189. The van der Waals surface area contributed by atoms with Crippen molar-refractivity contribution < 1.29 is 5.11 Å². The molecule has 0 aliphatic rings. The minimum Gasteiger partial charge on any atom is -0.396 e. The molecule has 2 unspecified atom stereocenters. The molecule has 4 heteroatoms. The van der Waals surface area contributed by atoms with E-state index in [2.05, 4.69) is 6.07 Å². The molecule has 0 heterocycles. The molecular weight excluding hydrogens is 196 g/mol. The molecule has 0 spiro atoms. The quantitative estimate of drug-likeness (QED) is 0.631. The van der Waals surface area contributed by atoms with Crippen LogP contribution < -0.4 is 5.73 Å². The van der Waals surface area contributed by atoms with E-state index in [1.807, 2.05) is 18.7 Å². The number of nitrogens with two attached hydrogens (primary N) is 1. The van der Waals surface area contributed by atoms with Crippen LogP contribution in [-0.2, 0) is 0 Å². The molecule has 0 radical (unpaired) electrons. The monoisotopic (exact) mass is 216 g/mol. The van der Waals surface area contributed by atoms with Gasteiger partial charge in [0.25, 0.3) is 0 Å². The fourth-order valence-electron chi connectivity index (χ4n) is 0.935. The van der Waals surface area contributed by atoms with Crippen LogP contribution in [0.1, 0.15) is 26.7 Å². The predicted octanol–water partition coefficient (Wildman–Crippen LogP) is 1.37. The maximum Gasteiger partial charge on any atom is 0.101 e. The van der Waals surface area contributed by atoms with Crippen molar-refractivity contribution in [1.82, 2.24) is 0 Å². The van der Waals surface area contributed by atoms with E-state index in [1.54, 1.807) is 6.92 Å². The molecule has 3 nitrogen and oxygen atoms in total. The van der Waals surface area contributed by atoms with Gasteiger partial charge in [-0.3, -0.25) is 0 Å². The van der Waals surface area contributed by atoms with Crippen LogP contribution in [0.5, 0.6) is 0 Å². The first-order chi connectivity index (χ1) is 6.52. The van der Waals surface area contributed by atoms with Crippen molar-refractivity contribution in [1.29, 1.82) is 5.26 Å². The standard InChI is InChI=1S/C10H20N2OS/c1-9(6-13)7-14-5-3-4-10(2,12)8-11/h9,13H,3-7,12H2,1-2H3. The average Bonchev–Trinajstić information content (AvgIpc) is 2.17. The SMILES string of the molecule is CC(CO)CSCCCC(C)(N)C#N. The highest BCUT2D eigenvalue weighted by Crippen LogP contribution is 2.13. The summed E-state index contributed by atoms with van der Waals surface area (Å²) < 4.78 is 0. The lowest BCUT2D eigenvalue weighted by molar-refractivity contribution is 0.250. The third kappa shape index (κ3) is 7.19. The summed E-state index contributed by atoms with van der Waals surface area (Å²) in [6, 6.07) is 2.08. The highest BCUT2D eigenvalue weighted by Gasteiger charge is 2.15. The molecule has 0 saturated heterocycles. The van der Waals surface area contributed by atoms with Crippen LogP contribution in [0.15, 0.2) is 0 Å². The number of aliphatic hydroxyl groups excluding tert-OH is 1. The van der Waals surface area contributed by atoms with Crippen LogP contribution in [-0.4, -0.2) is 28.8 Å². The summed E-state index contributed by atoms with van der Waals surface area (Å²) in [7, 11) is 0. The van der Waals surface area contributed by atoms with Gasteiger partial charge in [-0.05, 0) is 37.2 Å². The Labute approximate surface area is 90.7 Å². The van der Waals surface area contributed by atoms with Gasteiger partial charge in [0.2, 0.25) is 0 Å². The summed E-state index contributed by atoms with van der Waals surface area (Å²) in [5.74, 6) is 2.35. The molecule has 0 aliphatic carbocycles. The molecule has 0 rings (SSSR count). The molecule has 0 aromatic heterocycles. The molecular formula is C10H20N2OS. The molecule has 2 atom stereocenters. The van der Waals surface area contributed by atoms with Crippen molar-refractivity contribution in [2.75, 3.05) is 18.1 Å². The number of thioether (sulfide) groups is 1. The highest BCUT2D eigenvalue weighted by molar-refractivity contribution is 7.99. The van der Waals surface area contributed by atoms with E-state index in [9.17, 15) is 0 Å². The van der Waals surface area contributed by atoms with E-state index in [4.69, 9.17) is 16.1 Å². The third-order valence-corrected chi connectivity index (χ3v) is 3.34. The summed E-state index contributed by atoms with van der Waals surface area (Å²) in [4.78, 5) is 0. The van der Waals surface area contributed by atoms with E-state index in [0.717, 1.165) is 24.3 Å². The minimum atomic E-state index is -0.677. The zero-order valence-corrected chi connectivity index (χ0v) is 9.81. The highest BCUT2D eigenvalue weighted by atomic mass is 32.2. The lowest BCUT2D eigenvalue weighted by Gasteiger charge is -2.14. The van der Waals surface area contributed by atoms with Crippen LogP contribution in [0.3, 0.4) is 0 Å². The van der Waals surface area contributed by atoms with Gasteiger partial charge in [0.05, 0.1) is 6.07 Å². The lowest BCUT2D eigenvalue weighted by atomic mass is 10.0. The number of hydrogen-bond donors (Lipinski definition) is 2. The van der Waals surface area contributed by atoms with E-state index < -0.39 is 5.54 Å². The minimum absolute atomic E-state index is 0.250. The fraction of sp³-hybridized carbons (Fsp3) is 0.900. The van der Waals surface area contributed by atoms with Gasteiger partial charge in [-0.2, -0.15) is 17.0 Å². The maximum atomic E-state index is 8.78. The van der Waals surface area contributed by atoms with Crippen molar-refractivity contribution in [2.24, 2.45) is 11.7 Å². The van der Waals surface area contributed by atoms with E-state index in [0.29, 0.717) is 5.92 Å². The first-order valence-electron chi connectivity index (χ1n) is 4.90. The van der Waals surface area contributed by atoms with E-state index >= 15 is 0 Å². The Kier molecular flexibility index (Phi) is 6.98. The van der Waals surface area contributed by atoms with Gasteiger partial charge in [-0.25, -0.2) is 0 Å². The molecule has 0 aliphatic heterocycles. The number of rotatable bonds is 7. The molecule has 0 aromatic carbocycles. The van der Waals surface area contributed by atoms with Crippen molar-refractivity contribution in [3.05, 3.63) is 0 Å². The van der Waals surface area contributed by atoms with Gasteiger partial charge in [0.1, 0.15) is 5.54 Å². The fourth-order valence-corrected chi connectivity index (χ4v) is 1.96. The second-order valence-electron chi connectivity index (χ2n) is 4.00. The molecule has 0 amide bonds. The predicted molar refractivity (Wildman–Crippen MR) is 61.0 cm³/mol. The van der Waals surface area contributed by atoms with Crippen LogP contribution in [0.25, 0.3) is 0 Å². The zero-order valence-electron chi connectivity index (χ0n) is 8.99. The molecule has 0 saturated carbocycles. The van der Waals surface area contributed by atoms with Gasteiger partial charge >= 0.3 is 0 Å². The summed E-state index contributed by atoms with van der Waals surface area (Å²) in [6.07, 6.45) is 1.70. The molecule has 3 N–H and O–H groups in total. The first-order valence-corrected chi connectivity index (χ1v) is 6.06. The van der Waals surface area contributed by atoms with Crippen molar-refractivity contribution >= 4 is 11.8 Å². The Hall–Kier alpha value is -0.240. The van der Waals surface area contributed by atoms with Crippen LogP contribution in [0.4, 0.5) is 0 Å². The Balaban J connectivity index is 3.35. The molecule has 14 heavy (non-hydrogen) atoms. The van der Waals surface area contributed by atoms with Gasteiger partial charge in [0, 0.05) is 6.61 Å². The van der Waals surface area contributed by atoms with Gasteiger partial charge in [-0.15, -0.1) is 0 Å². The summed E-state index contributed by atoms with van der Waals surface area (Å²) in [6.45, 7) is 4.03. The summed E-state index contributed by atoms with van der Waals surface area (Å²) >= 11 is 1.81. The van der Waals surface area contributed by atoms with Crippen molar-refractivity contribution in [3.8, 4) is 6.07 Å². The van der Waals surface area contributed by atoms with Crippen molar-refractivity contribution in [3.63, 3.8) is 0 Å². The molecule has 0 fully saturated rings. The van der Waals surface area contributed by atoms with Crippen molar-refractivity contribution in [2.45, 2.75) is 32.2 Å². The lowest BCUT2D eigenvalue weighted by Crippen LogP contribution is -2.33. The van der Waals surface area contributed by atoms with E-state index in [1.165, 1.54) is 0 Å². The Morgan fingerprint density at radius 1 is 1.64 bits per heavy atom. The topological polar surface area (TPSA) is 70.0 Å². The van der Waals surface area contributed by atoms with Gasteiger partial charge < -0.3 is 10.8 Å². The number of nitriles is 1. The number of nitrogens with zero attached hydrogens (tertiary/aromatic N) is 1. The Morgan fingerprint density at radius 2 is 2.29 bits per heavy atom. The third-order valence-electron chi connectivity index (χ3n) is 1.95. The normalized spacial score (nSPS) is 17.1. The van der Waals surface area contributed by atoms with Crippen LogP contribution in [0, 0.1) is 17.2 Å². The summed E-state index contributed by atoms with van der Waals surface area (Å²) in [5.41, 5.74) is 5.00. The smallest absolute Gasteiger partial charge is 0.101 e. The van der Waals surface area contributed by atoms with E-state index in [-0.39, 0.29) is 6.61 Å². The van der Waals surface area contributed by atoms with Crippen LogP contribution in [0.2, 0.25) is 0 Å². The second-order valence-corrected chi connectivity index (χ2v) is 5.15. The first kappa shape index (κ1) is 13.8.